The highest BCUT2D eigenvalue weighted by Crippen LogP contribution is 2.25. The summed E-state index contributed by atoms with van der Waals surface area (Å²) in [5.74, 6) is 0.771. The van der Waals surface area contributed by atoms with E-state index >= 15 is 0 Å². The minimum Gasteiger partial charge on any atom is -0.267 e. The van der Waals surface area contributed by atoms with Gasteiger partial charge in [0.15, 0.2) is 0 Å². The molecule has 0 unspecified atom stereocenters. The van der Waals surface area contributed by atoms with Gasteiger partial charge in [0.25, 0.3) is 17.1 Å². The lowest BCUT2D eigenvalue weighted by Gasteiger charge is -2.14. The van der Waals surface area contributed by atoms with Crippen molar-refractivity contribution in [3.8, 4) is 5.95 Å². The van der Waals surface area contributed by atoms with Gasteiger partial charge in [-0.3, -0.25) is 14.7 Å². The van der Waals surface area contributed by atoms with E-state index in [1.807, 2.05) is 24.3 Å². The van der Waals surface area contributed by atoms with Gasteiger partial charge in [-0.05, 0) is 29.8 Å². The average molecular weight is 455 g/mol. The number of halogens is 1. The molecule has 10 heteroatoms. The van der Waals surface area contributed by atoms with E-state index in [4.69, 9.17) is 0 Å². The van der Waals surface area contributed by atoms with Gasteiger partial charge in [0.2, 0.25) is 5.16 Å². The van der Waals surface area contributed by atoms with Crippen LogP contribution in [0.25, 0.3) is 16.7 Å². The minimum absolute atomic E-state index is 0.143. The van der Waals surface area contributed by atoms with Crippen LogP contribution < -0.4 is 11.1 Å². The van der Waals surface area contributed by atoms with Crippen LogP contribution in [-0.4, -0.2) is 36.1 Å². The van der Waals surface area contributed by atoms with E-state index < -0.39 is 0 Å². The van der Waals surface area contributed by atoms with Crippen molar-refractivity contribution in [2.24, 2.45) is 5.10 Å². The molecule has 1 N–H and O–H groups in total. The van der Waals surface area contributed by atoms with Crippen molar-refractivity contribution in [2.75, 3.05) is 5.75 Å². The molecule has 8 nitrogen and oxygen atoms in total. The second-order valence-electron chi connectivity index (χ2n) is 6.06. The molecule has 1 aliphatic heterocycles. The molecular formula is C18H11BrN6O2S. The maximum absolute atomic E-state index is 12.9. The number of thioether (sulfide) groups is 1. The van der Waals surface area contributed by atoms with E-state index in [2.05, 4.69) is 36.3 Å². The molecule has 4 aromatic rings. The normalized spacial score (nSPS) is 13.4. The molecule has 0 radical (unpaired) electrons. The molecule has 2 aromatic carbocycles. The smallest absolute Gasteiger partial charge is 0.267 e. The Labute approximate surface area is 170 Å². The van der Waals surface area contributed by atoms with Gasteiger partial charge < -0.3 is 0 Å². The van der Waals surface area contributed by atoms with E-state index in [9.17, 15) is 9.59 Å². The van der Waals surface area contributed by atoms with Crippen LogP contribution in [0.2, 0.25) is 0 Å². The minimum atomic E-state index is -0.388. The van der Waals surface area contributed by atoms with Crippen LogP contribution in [0.4, 0.5) is 0 Å². The van der Waals surface area contributed by atoms with Crippen molar-refractivity contribution in [2.45, 2.75) is 5.16 Å². The third-order valence-corrected chi connectivity index (χ3v) is 5.81. The zero-order valence-electron chi connectivity index (χ0n) is 14.2. The number of hydrogen-bond acceptors (Lipinski definition) is 6. The van der Waals surface area contributed by atoms with E-state index in [1.165, 1.54) is 16.4 Å². The van der Waals surface area contributed by atoms with E-state index in [-0.39, 0.29) is 17.1 Å². The maximum atomic E-state index is 12.9. The summed E-state index contributed by atoms with van der Waals surface area (Å²) in [5, 5.41) is 16.6. The van der Waals surface area contributed by atoms with Crippen LogP contribution in [0.1, 0.15) is 5.56 Å². The van der Waals surface area contributed by atoms with Gasteiger partial charge >= 0.3 is 0 Å². The van der Waals surface area contributed by atoms with Gasteiger partial charge in [-0.15, -0.1) is 10.2 Å². The van der Waals surface area contributed by atoms with Gasteiger partial charge in [-0.1, -0.05) is 52.0 Å². The van der Waals surface area contributed by atoms with Crippen molar-refractivity contribution in [3.63, 3.8) is 0 Å². The Morgan fingerprint density at radius 1 is 1.00 bits per heavy atom. The quantitative estimate of drug-likeness (QED) is 0.501. The molecule has 0 aliphatic carbocycles. The number of aromatic nitrogens is 5. The summed E-state index contributed by atoms with van der Waals surface area (Å²) in [7, 11) is 0. The summed E-state index contributed by atoms with van der Waals surface area (Å²) < 4.78 is 3.55. The Morgan fingerprint density at radius 2 is 1.75 bits per heavy atom. The standard InChI is InChI=1S/C18H11BrN6O2S/c19-11-7-5-10(6-8-11)14-9-28-18-21-20-17(25(18)22-14)24-16(27)13-4-2-1-3-12(13)15(26)23-24/h1-8H,9H2,(H,23,26). The Balaban J connectivity index is 1.70. The monoisotopic (exact) mass is 454 g/mol. The van der Waals surface area contributed by atoms with Crippen molar-refractivity contribution in [1.82, 2.24) is 24.7 Å². The fraction of sp³-hybridized carbons (Fsp3) is 0.0556. The molecule has 0 amide bonds. The summed E-state index contributed by atoms with van der Waals surface area (Å²) in [4.78, 5) is 25.3. The Morgan fingerprint density at radius 3 is 2.54 bits per heavy atom. The van der Waals surface area contributed by atoms with Gasteiger partial charge in [0, 0.05) is 10.2 Å². The number of H-pyrrole nitrogens is 1. The van der Waals surface area contributed by atoms with Crippen LogP contribution in [0.15, 0.2) is 72.9 Å². The molecule has 28 heavy (non-hydrogen) atoms. The molecule has 5 rings (SSSR count). The van der Waals surface area contributed by atoms with E-state index in [0.717, 1.165) is 20.4 Å². The molecule has 0 bridgehead atoms. The largest absolute Gasteiger partial charge is 0.280 e. The lowest BCUT2D eigenvalue weighted by atomic mass is 10.1. The topological polar surface area (TPSA) is 97.9 Å². The second kappa shape index (κ2) is 6.57. The van der Waals surface area contributed by atoms with Crippen LogP contribution >= 0.6 is 27.7 Å². The van der Waals surface area contributed by atoms with Gasteiger partial charge in [-0.25, -0.2) is 0 Å². The number of benzene rings is 2. The Bertz CT molecular complexity index is 1370. The van der Waals surface area contributed by atoms with Gasteiger partial charge in [-0.2, -0.15) is 14.5 Å². The summed E-state index contributed by atoms with van der Waals surface area (Å²) in [6.07, 6.45) is 0. The van der Waals surface area contributed by atoms with E-state index in [1.54, 1.807) is 24.3 Å². The SMILES string of the molecule is O=c1[nH]n(-c2nnc3n2N=C(c2ccc(Br)cc2)CS3)c(=O)c2ccccc12. The lowest BCUT2D eigenvalue weighted by Crippen LogP contribution is -2.30. The molecular weight excluding hydrogens is 444 g/mol. The zero-order chi connectivity index (χ0) is 19.3. The highest BCUT2D eigenvalue weighted by atomic mass is 79.9. The number of nitrogens with zero attached hydrogens (tertiary/aromatic N) is 5. The molecule has 138 valence electrons. The molecule has 3 heterocycles. The number of fused-ring (bicyclic) bond motifs is 2. The summed E-state index contributed by atoms with van der Waals surface area (Å²) in [5.41, 5.74) is 1.01. The maximum Gasteiger partial charge on any atom is 0.280 e. The highest BCUT2D eigenvalue weighted by molar-refractivity contribution is 9.10. The number of hydrogen-bond donors (Lipinski definition) is 1. The fourth-order valence-electron chi connectivity index (χ4n) is 2.98. The first-order valence-corrected chi connectivity index (χ1v) is 10.1. The molecule has 0 saturated heterocycles. The van der Waals surface area contributed by atoms with Crippen LogP contribution in [0, 0.1) is 0 Å². The van der Waals surface area contributed by atoms with E-state index in [0.29, 0.717) is 21.7 Å². The van der Waals surface area contributed by atoms with Gasteiger partial charge in [0.1, 0.15) is 0 Å². The lowest BCUT2D eigenvalue weighted by molar-refractivity contribution is 0.670. The van der Waals surface area contributed by atoms with Crippen molar-refractivity contribution in [1.29, 1.82) is 0 Å². The first-order chi connectivity index (χ1) is 13.6. The van der Waals surface area contributed by atoms with Crippen molar-refractivity contribution < 1.29 is 0 Å². The summed E-state index contributed by atoms with van der Waals surface area (Å²) in [6, 6.07) is 14.5. The van der Waals surface area contributed by atoms with Crippen LogP contribution in [-0.2, 0) is 0 Å². The predicted molar refractivity (Wildman–Crippen MR) is 111 cm³/mol. The van der Waals surface area contributed by atoms with Crippen LogP contribution in [0.5, 0.6) is 0 Å². The van der Waals surface area contributed by atoms with Crippen molar-refractivity contribution in [3.05, 3.63) is 79.3 Å². The van der Waals surface area contributed by atoms with Crippen LogP contribution in [0.3, 0.4) is 0 Å². The Hall–Kier alpha value is -2.98. The van der Waals surface area contributed by atoms with Crippen molar-refractivity contribution >= 4 is 44.2 Å². The fourth-order valence-corrected chi connectivity index (χ4v) is 4.08. The van der Waals surface area contributed by atoms with Gasteiger partial charge in [0.05, 0.1) is 16.5 Å². The summed E-state index contributed by atoms with van der Waals surface area (Å²) >= 11 is 4.89. The first-order valence-electron chi connectivity index (χ1n) is 8.28. The predicted octanol–water partition coefficient (Wildman–Crippen LogP) is 2.39. The third-order valence-electron chi connectivity index (χ3n) is 4.35. The zero-order valence-corrected chi connectivity index (χ0v) is 16.6. The summed E-state index contributed by atoms with van der Waals surface area (Å²) in [6.45, 7) is 0. The molecule has 2 aromatic heterocycles. The molecule has 0 spiro atoms. The molecule has 0 fully saturated rings. The highest BCUT2D eigenvalue weighted by Gasteiger charge is 2.22. The number of rotatable bonds is 2. The number of aromatic amines is 1. The first kappa shape index (κ1) is 17.1. The molecule has 0 atom stereocenters. The Kier molecular flexibility index (Phi) is 4.02. The molecule has 0 saturated carbocycles. The third kappa shape index (κ3) is 2.72. The average Bonchev–Trinajstić information content (AvgIpc) is 3.14. The second-order valence-corrected chi connectivity index (χ2v) is 7.92. The number of nitrogens with one attached hydrogen (secondary N) is 1. The molecule has 1 aliphatic rings.